The molecule has 0 fully saturated rings. The van der Waals surface area contributed by atoms with Crippen LogP contribution in [0, 0.1) is 13.8 Å². The van der Waals surface area contributed by atoms with Gasteiger partial charge in [0.15, 0.2) is 6.10 Å². The highest BCUT2D eigenvalue weighted by Gasteiger charge is 2.36. The fourth-order valence-electron chi connectivity index (χ4n) is 5.26. The first-order valence-corrected chi connectivity index (χ1v) is 12.1. The lowest BCUT2D eigenvalue weighted by molar-refractivity contribution is 0.229. The summed E-state index contributed by atoms with van der Waals surface area (Å²) in [6, 6.07) is 21.5. The third kappa shape index (κ3) is 3.11. The van der Waals surface area contributed by atoms with E-state index < -0.39 is 11.8 Å². The fourth-order valence-corrected chi connectivity index (χ4v) is 5.46. The quantitative estimate of drug-likeness (QED) is 0.326. The average molecular weight is 498 g/mol. The molecule has 0 aliphatic carbocycles. The van der Waals surface area contributed by atoms with Crippen LogP contribution in [0.15, 0.2) is 76.3 Å². The first-order valence-electron chi connectivity index (χ1n) is 11.7. The summed E-state index contributed by atoms with van der Waals surface area (Å²) in [4.78, 5) is 26.9. The molecular formula is C29H24ClN3O3. The Balaban J connectivity index is 1.90. The summed E-state index contributed by atoms with van der Waals surface area (Å²) >= 11 is 6.38. The monoisotopic (exact) mass is 497 g/mol. The maximum atomic E-state index is 13.8. The predicted molar refractivity (Wildman–Crippen MR) is 143 cm³/mol. The van der Waals surface area contributed by atoms with E-state index in [1.165, 1.54) is 11.6 Å². The number of rotatable bonds is 2. The minimum Gasteiger partial charge on any atom is -0.477 e. The smallest absolute Gasteiger partial charge is 0.331 e. The van der Waals surface area contributed by atoms with Crippen molar-refractivity contribution >= 4 is 22.5 Å². The molecule has 0 saturated heterocycles. The van der Waals surface area contributed by atoms with Gasteiger partial charge in [0, 0.05) is 24.7 Å². The molecule has 5 aromatic rings. The summed E-state index contributed by atoms with van der Waals surface area (Å²) in [7, 11) is 3.22. The van der Waals surface area contributed by atoms with Crippen molar-refractivity contribution in [2.24, 2.45) is 14.1 Å². The lowest BCUT2D eigenvalue weighted by atomic mass is 10.0. The first kappa shape index (κ1) is 22.4. The molecule has 1 unspecified atom stereocenters. The highest BCUT2D eigenvalue weighted by Crippen LogP contribution is 2.47. The average Bonchev–Trinajstić information content (AvgIpc) is 3.22. The van der Waals surface area contributed by atoms with Crippen LogP contribution in [0.1, 0.15) is 28.5 Å². The lowest BCUT2D eigenvalue weighted by Crippen LogP contribution is -2.37. The molecule has 6 nitrogen and oxygen atoms in total. The SMILES string of the molecule is Cc1ccc2c(c1)-n1c(-c3ccccc3C)c3c(=O)n(C)c(=O)n(C)c3c1C(c1cccc(Cl)c1)O2. The van der Waals surface area contributed by atoms with Crippen molar-refractivity contribution in [2.45, 2.75) is 20.0 Å². The van der Waals surface area contributed by atoms with Crippen LogP contribution in [-0.4, -0.2) is 13.7 Å². The van der Waals surface area contributed by atoms with Crippen LogP contribution in [0.4, 0.5) is 0 Å². The largest absolute Gasteiger partial charge is 0.477 e. The number of aryl methyl sites for hydroxylation is 3. The number of nitrogens with zero attached hydrogens (tertiary/aromatic N) is 3. The number of fused-ring (bicyclic) bond motifs is 5. The van der Waals surface area contributed by atoms with Crippen LogP contribution in [-0.2, 0) is 14.1 Å². The van der Waals surface area contributed by atoms with Crippen molar-refractivity contribution in [3.8, 4) is 22.7 Å². The van der Waals surface area contributed by atoms with E-state index in [1.54, 1.807) is 11.6 Å². The van der Waals surface area contributed by atoms with E-state index in [0.717, 1.165) is 39.3 Å². The topological polar surface area (TPSA) is 58.2 Å². The molecule has 0 N–H and O–H groups in total. The van der Waals surface area contributed by atoms with Gasteiger partial charge in [-0.15, -0.1) is 0 Å². The van der Waals surface area contributed by atoms with E-state index in [0.29, 0.717) is 21.7 Å². The van der Waals surface area contributed by atoms with Gasteiger partial charge < -0.3 is 9.30 Å². The van der Waals surface area contributed by atoms with Gasteiger partial charge in [0.25, 0.3) is 5.56 Å². The predicted octanol–water partition coefficient (Wildman–Crippen LogP) is 5.45. The van der Waals surface area contributed by atoms with E-state index >= 15 is 0 Å². The lowest BCUT2D eigenvalue weighted by Gasteiger charge is -2.30. The highest BCUT2D eigenvalue weighted by molar-refractivity contribution is 6.30. The van der Waals surface area contributed by atoms with Crippen molar-refractivity contribution in [2.75, 3.05) is 0 Å². The van der Waals surface area contributed by atoms with Gasteiger partial charge in [-0.25, -0.2) is 4.79 Å². The maximum Gasteiger partial charge on any atom is 0.331 e. The van der Waals surface area contributed by atoms with Crippen molar-refractivity contribution in [1.82, 2.24) is 13.7 Å². The normalized spacial score (nSPS) is 14.4. The van der Waals surface area contributed by atoms with E-state index in [-0.39, 0.29) is 5.56 Å². The molecule has 1 aliphatic heterocycles. The van der Waals surface area contributed by atoms with Gasteiger partial charge >= 0.3 is 5.69 Å². The van der Waals surface area contributed by atoms with Crippen LogP contribution >= 0.6 is 11.6 Å². The number of ether oxygens (including phenoxy) is 1. The molecule has 0 saturated carbocycles. The summed E-state index contributed by atoms with van der Waals surface area (Å²) in [6.45, 7) is 4.05. The Morgan fingerprint density at radius 2 is 1.67 bits per heavy atom. The Bertz CT molecular complexity index is 1830. The Labute approximate surface area is 212 Å². The molecule has 180 valence electrons. The zero-order chi connectivity index (χ0) is 25.3. The van der Waals surface area contributed by atoms with Crippen LogP contribution in [0.2, 0.25) is 5.02 Å². The minimum atomic E-state index is -0.586. The second-order valence-electron chi connectivity index (χ2n) is 9.34. The Morgan fingerprint density at radius 3 is 2.42 bits per heavy atom. The molecule has 1 aliphatic rings. The standard InChI is InChI=1S/C29H24ClN3O3/c1-16-12-13-22-21(14-16)33-24(20-11-6-5-8-17(20)2)23-25(31(3)29(35)32(4)28(23)34)26(33)27(36-22)18-9-7-10-19(30)15-18/h5-15,27H,1-4H3. The molecule has 1 atom stereocenters. The molecule has 3 aromatic carbocycles. The highest BCUT2D eigenvalue weighted by atomic mass is 35.5. The van der Waals surface area contributed by atoms with Crippen molar-refractivity contribution in [3.63, 3.8) is 0 Å². The number of hydrogen-bond donors (Lipinski definition) is 0. The van der Waals surface area contributed by atoms with Gasteiger partial charge in [0.2, 0.25) is 0 Å². The summed E-state index contributed by atoms with van der Waals surface area (Å²) in [5.41, 5.74) is 5.95. The van der Waals surface area contributed by atoms with Crippen LogP contribution in [0.5, 0.6) is 5.75 Å². The Morgan fingerprint density at radius 1 is 0.889 bits per heavy atom. The third-order valence-electron chi connectivity index (χ3n) is 7.01. The molecule has 0 amide bonds. The molecular weight excluding hydrogens is 474 g/mol. The third-order valence-corrected chi connectivity index (χ3v) is 7.24. The van der Waals surface area contributed by atoms with E-state index in [4.69, 9.17) is 16.3 Å². The summed E-state index contributed by atoms with van der Waals surface area (Å²) in [5.74, 6) is 0.690. The van der Waals surface area contributed by atoms with Gasteiger partial charge in [-0.3, -0.25) is 13.9 Å². The number of benzene rings is 3. The molecule has 6 rings (SSSR count). The second-order valence-corrected chi connectivity index (χ2v) is 9.77. The zero-order valence-corrected chi connectivity index (χ0v) is 21.1. The van der Waals surface area contributed by atoms with Gasteiger partial charge in [-0.05, 0) is 54.8 Å². The van der Waals surface area contributed by atoms with Crippen molar-refractivity contribution in [1.29, 1.82) is 0 Å². The second kappa shape index (κ2) is 8.00. The zero-order valence-electron chi connectivity index (χ0n) is 20.4. The van der Waals surface area contributed by atoms with Crippen molar-refractivity contribution in [3.05, 3.63) is 115 Å². The molecule has 0 bridgehead atoms. The van der Waals surface area contributed by atoms with Crippen molar-refractivity contribution < 1.29 is 4.74 Å². The van der Waals surface area contributed by atoms with Crippen LogP contribution < -0.4 is 16.0 Å². The Hall–Kier alpha value is -4.03. The number of aromatic nitrogens is 3. The van der Waals surface area contributed by atoms with E-state index in [1.807, 2.05) is 74.5 Å². The number of halogens is 1. The van der Waals surface area contributed by atoms with Gasteiger partial charge in [-0.2, -0.15) is 0 Å². The van der Waals surface area contributed by atoms with Gasteiger partial charge in [0.05, 0.1) is 28.0 Å². The molecule has 3 heterocycles. The van der Waals surface area contributed by atoms with E-state index in [9.17, 15) is 9.59 Å². The van der Waals surface area contributed by atoms with E-state index in [2.05, 4.69) is 10.6 Å². The molecule has 0 spiro atoms. The summed E-state index contributed by atoms with van der Waals surface area (Å²) < 4.78 is 11.4. The summed E-state index contributed by atoms with van der Waals surface area (Å²) in [6.07, 6.45) is -0.586. The maximum absolute atomic E-state index is 13.8. The minimum absolute atomic E-state index is 0.340. The van der Waals surface area contributed by atoms with Crippen LogP contribution in [0.3, 0.4) is 0 Å². The first-order chi connectivity index (χ1) is 17.3. The fraction of sp³-hybridized carbons (Fsp3) is 0.172. The molecule has 0 radical (unpaired) electrons. The summed E-state index contributed by atoms with van der Waals surface area (Å²) in [5, 5.41) is 1.06. The molecule has 7 heteroatoms. The van der Waals surface area contributed by atoms with Gasteiger partial charge in [0.1, 0.15) is 5.75 Å². The Kier molecular flexibility index (Phi) is 4.99. The molecule has 2 aromatic heterocycles. The number of hydrogen-bond acceptors (Lipinski definition) is 3. The molecule has 36 heavy (non-hydrogen) atoms. The van der Waals surface area contributed by atoms with Crippen LogP contribution in [0.25, 0.3) is 27.8 Å². The van der Waals surface area contributed by atoms with Gasteiger partial charge in [-0.1, -0.05) is 54.1 Å².